The molecule has 25 heavy (non-hydrogen) atoms. The van der Waals surface area contributed by atoms with Crippen LogP contribution >= 0.6 is 0 Å². The molecule has 0 unspecified atom stereocenters. The number of ether oxygens (including phenoxy) is 1. The van der Waals surface area contributed by atoms with Gasteiger partial charge in [-0.2, -0.15) is 0 Å². The largest absolute Gasteiger partial charge is 0.484 e. The van der Waals surface area contributed by atoms with Crippen molar-refractivity contribution in [2.24, 2.45) is 0 Å². The van der Waals surface area contributed by atoms with Crippen LogP contribution in [0.1, 0.15) is 16.9 Å². The Labute approximate surface area is 147 Å². The highest BCUT2D eigenvalue weighted by Gasteiger charge is 2.16. The van der Waals surface area contributed by atoms with Gasteiger partial charge in [0.15, 0.2) is 6.61 Å². The number of amides is 1. The van der Waals surface area contributed by atoms with Crippen LogP contribution in [0.3, 0.4) is 0 Å². The third-order valence-corrected chi connectivity index (χ3v) is 3.88. The zero-order valence-corrected chi connectivity index (χ0v) is 14.2. The van der Waals surface area contributed by atoms with Gasteiger partial charge in [0.2, 0.25) is 0 Å². The molecule has 0 saturated carbocycles. The Hall–Kier alpha value is -3.01. The van der Waals surface area contributed by atoms with Crippen molar-refractivity contribution in [3.8, 4) is 5.75 Å². The lowest BCUT2D eigenvalue weighted by atomic mass is 10.2. The van der Waals surface area contributed by atoms with Gasteiger partial charge in [-0.15, -0.1) is 0 Å². The van der Waals surface area contributed by atoms with Gasteiger partial charge in [-0.05, 0) is 36.8 Å². The summed E-state index contributed by atoms with van der Waals surface area (Å²) in [6, 6.07) is 21.3. The number of rotatable bonds is 7. The van der Waals surface area contributed by atoms with Crippen molar-refractivity contribution >= 4 is 5.91 Å². The van der Waals surface area contributed by atoms with E-state index in [9.17, 15) is 4.79 Å². The van der Waals surface area contributed by atoms with Crippen LogP contribution in [0.25, 0.3) is 0 Å². The normalized spacial score (nSPS) is 10.4. The van der Waals surface area contributed by atoms with Crippen molar-refractivity contribution in [2.45, 2.75) is 20.0 Å². The molecule has 0 aliphatic carbocycles. The number of carbonyl (C=O) groups excluding carboxylic acids is 1. The molecule has 2 aromatic carbocycles. The van der Waals surface area contributed by atoms with Gasteiger partial charge >= 0.3 is 0 Å². The third-order valence-electron chi connectivity index (χ3n) is 3.88. The monoisotopic (exact) mass is 335 g/mol. The van der Waals surface area contributed by atoms with Crippen molar-refractivity contribution < 1.29 is 13.9 Å². The van der Waals surface area contributed by atoms with Gasteiger partial charge in [-0.1, -0.05) is 48.0 Å². The van der Waals surface area contributed by atoms with E-state index in [1.807, 2.05) is 73.7 Å². The molecule has 0 radical (unpaired) electrons. The molecule has 4 heteroatoms. The first-order valence-corrected chi connectivity index (χ1v) is 8.24. The average Bonchev–Trinajstić information content (AvgIpc) is 3.14. The second-order valence-corrected chi connectivity index (χ2v) is 5.92. The Morgan fingerprint density at radius 3 is 2.40 bits per heavy atom. The van der Waals surface area contributed by atoms with E-state index in [-0.39, 0.29) is 12.5 Å². The number of hydrogen-bond donors (Lipinski definition) is 0. The lowest BCUT2D eigenvalue weighted by molar-refractivity contribution is -0.134. The zero-order valence-electron chi connectivity index (χ0n) is 14.2. The summed E-state index contributed by atoms with van der Waals surface area (Å²) in [7, 11) is 0. The Morgan fingerprint density at radius 2 is 1.72 bits per heavy atom. The van der Waals surface area contributed by atoms with Gasteiger partial charge in [0, 0.05) is 6.54 Å². The molecule has 0 aliphatic rings. The van der Waals surface area contributed by atoms with Gasteiger partial charge in [-0.3, -0.25) is 4.79 Å². The van der Waals surface area contributed by atoms with Crippen LogP contribution in [-0.2, 0) is 17.9 Å². The average molecular weight is 335 g/mol. The number of carbonyl (C=O) groups is 1. The molecule has 128 valence electrons. The molecule has 1 heterocycles. The maximum atomic E-state index is 12.7. The van der Waals surface area contributed by atoms with E-state index < -0.39 is 0 Å². The minimum atomic E-state index is -0.0826. The first-order chi connectivity index (χ1) is 12.2. The molecule has 0 bridgehead atoms. The summed E-state index contributed by atoms with van der Waals surface area (Å²) in [5, 5.41) is 0. The van der Waals surface area contributed by atoms with Crippen LogP contribution in [0, 0.1) is 6.92 Å². The lowest BCUT2D eigenvalue weighted by Crippen LogP contribution is -2.34. The lowest BCUT2D eigenvalue weighted by Gasteiger charge is -2.22. The Balaban J connectivity index is 1.66. The summed E-state index contributed by atoms with van der Waals surface area (Å²) < 4.78 is 11.0. The Bertz CT molecular complexity index is 780. The molecule has 3 aromatic rings. The van der Waals surface area contributed by atoms with Crippen LogP contribution in [-0.4, -0.2) is 17.4 Å². The summed E-state index contributed by atoms with van der Waals surface area (Å²) in [6.45, 7) is 2.94. The summed E-state index contributed by atoms with van der Waals surface area (Å²) in [5.74, 6) is 1.36. The highest BCUT2D eigenvalue weighted by molar-refractivity contribution is 5.77. The van der Waals surface area contributed by atoms with Gasteiger partial charge in [0.1, 0.15) is 11.5 Å². The van der Waals surface area contributed by atoms with E-state index >= 15 is 0 Å². The van der Waals surface area contributed by atoms with Crippen molar-refractivity contribution in [1.82, 2.24) is 4.90 Å². The molecule has 0 saturated heterocycles. The zero-order chi connectivity index (χ0) is 17.5. The van der Waals surface area contributed by atoms with Crippen molar-refractivity contribution in [2.75, 3.05) is 6.61 Å². The second kappa shape index (κ2) is 8.20. The third kappa shape index (κ3) is 4.98. The van der Waals surface area contributed by atoms with Gasteiger partial charge in [0.25, 0.3) is 5.91 Å². The summed E-state index contributed by atoms with van der Waals surface area (Å²) >= 11 is 0. The maximum Gasteiger partial charge on any atom is 0.261 e. The summed E-state index contributed by atoms with van der Waals surface area (Å²) in [6.07, 6.45) is 1.61. The molecule has 3 rings (SSSR count). The van der Waals surface area contributed by atoms with Gasteiger partial charge in [0.05, 0.1) is 12.8 Å². The first-order valence-electron chi connectivity index (χ1n) is 8.24. The van der Waals surface area contributed by atoms with Crippen molar-refractivity contribution in [3.05, 3.63) is 89.9 Å². The molecular weight excluding hydrogens is 314 g/mol. The van der Waals surface area contributed by atoms with E-state index in [1.165, 1.54) is 0 Å². The minimum absolute atomic E-state index is 0.00337. The van der Waals surface area contributed by atoms with Gasteiger partial charge < -0.3 is 14.1 Å². The van der Waals surface area contributed by atoms with E-state index in [1.54, 1.807) is 11.2 Å². The topological polar surface area (TPSA) is 42.7 Å². The van der Waals surface area contributed by atoms with Crippen LogP contribution < -0.4 is 4.74 Å². The molecule has 1 amide bonds. The second-order valence-electron chi connectivity index (χ2n) is 5.92. The fourth-order valence-electron chi connectivity index (χ4n) is 2.50. The smallest absolute Gasteiger partial charge is 0.261 e. The number of aryl methyl sites for hydroxylation is 1. The number of benzene rings is 2. The van der Waals surface area contributed by atoms with E-state index in [4.69, 9.17) is 9.15 Å². The molecule has 0 atom stereocenters. The molecule has 0 spiro atoms. The predicted octanol–water partition coefficient (Wildman–Crippen LogP) is 4.20. The summed E-state index contributed by atoms with van der Waals surface area (Å²) in [4.78, 5) is 14.4. The Kier molecular flexibility index (Phi) is 5.52. The van der Waals surface area contributed by atoms with Crippen LogP contribution in [0.5, 0.6) is 5.75 Å². The van der Waals surface area contributed by atoms with E-state index in [0.717, 1.165) is 16.9 Å². The van der Waals surface area contributed by atoms with Crippen LogP contribution in [0.4, 0.5) is 0 Å². The highest BCUT2D eigenvalue weighted by Crippen LogP contribution is 2.14. The number of hydrogen-bond acceptors (Lipinski definition) is 3. The fourth-order valence-corrected chi connectivity index (χ4v) is 2.50. The van der Waals surface area contributed by atoms with Crippen LogP contribution in [0.15, 0.2) is 77.4 Å². The fraction of sp³-hybridized carbons (Fsp3) is 0.190. The highest BCUT2D eigenvalue weighted by atomic mass is 16.5. The standard InChI is InChI=1S/C21H21NO3/c1-17-9-11-19(12-10-17)25-16-21(23)22(15-20-8-5-13-24-20)14-18-6-3-2-4-7-18/h2-13H,14-16H2,1H3. The molecule has 4 nitrogen and oxygen atoms in total. The minimum Gasteiger partial charge on any atom is -0.484 e. The van der Waals surface area contributed by atoms with E-state index in [2.05, 4.69) is 0 Å². The van der Waals surface area contributed by atoms with Gasteiger partial charge in [-0.25, -0.2) is 0 Å². The quantitative estimate of drug-likeness (QED) is 0.650. The molecule has 0 N–H and O–H groups in total. The Morgan fingerprint density at radius 1 is 0.960 bits per heavy atom. The SMILES string of the molecule is Cc1ccc(OCC(=O)N(Cc2ccccc2)Cc2ccco2)cc1. The number of furan rings is 1. The predicted molar refractivity (Wildman–Crippen MR) is 96.1 cm³/mol. The van der Waals surface area contributed by atoms with Crippen molar-refractivity contribution in [1.29, 1.82) is 0 Å². The van der Waals surface area contributed by atoms with Crippen molar-refractivity contribution in [3.63, 3.8) is 0 Å². The molecular formula is C21H21NO3. The van der Waals surface area contributed by atoms with Crippen LogP contribution in [0.2, 0.25) is 0 Å². The summed E-state index contributed by atoms with van der Waals surface area (Å²) in [5.41, 5.74) is 2.22. The van der Waals surface area contributed by atoms with E-state index in [0.29, 0.717) is 18.8 Å². The first kappa shape index (κ1) is 16.8. The molecule has 0 fully saturated rings. The maximum absolute atomic E-state index is 12.7. The molecule has 1 aromatic heterocycles. The number of nitrogens with zero attached hydrogens (tertiary/aromatic N) is 1. The molecule has 0 aliphatic heterocycles.